The summed E-state index contributed by atoms with van der Waals surface area (Å²) < 4.78 is 5.22. The van der Waals surface area contributed by atoms with Gasteiger partial charge in [-0.25, -0.2) is 0 Å². The molecule has 0 fully saturated rings. The van der Waals surface area contributed by atoms with Gasteiger partial charge in [0.05, 0.1) is 7.11 Å². The summed E-state index contributed by atoms with van der Waals surface area (Å²) in [6, 6.07) is 14.3. The van der Waals surface area contributed by atoms with Gasteiger partial charge < -0.3 is 14.6 Å². The van der Waals surface area contributed by atoms with E-state index in [0.29, 0.717) is 0 Å². The number of thioether (sulfide) groups is 1. The van der Waals surface area contributed by atoms with E-state index in [1.165, 1.54) is 21.5 Å². The molecule has 3 aromatic rings. The van der Waals surface area contributed by atoms with E-state index in [0.717, 1.165) is 35.0 Å². The number of ether oxygens (including phenoxy) is 1. The van der Waals surface area contributed by atoms with Crippen molar-refractivity contribution in [3.05, 3.63) is 58.7 Å². The fraction of sp³-hybridized carbons (Fsp3) is 0.300. The number of nitrogens with zero attached hydrogens (tertiary/aromatic N) is 1. The number of fused-ring (bicyclic) bond motifs is 1. The van der Waals surface area contributed by atoms with Gasteiger partial charge in [0.15, 0.2) is 0 Å². The summed E-state index contributed by atoms with van der Waals surface area (Å²) in [6.45, 7) is 1.01. The number of hydrogen-bond donors (Lipinski definition) is 1. The van der Waals surface area contributed by atoms with Gasteiger partial charge in [0, 0.05) is 38.8 Å². The van der Waals surface area contributed by atoms with Crippen LogP contribution in [0.15, 0.2) is 47.4 Å². The van der Waals surface area contributed by atoms with Crippen molar-refractivity contribution in [2.75, 3.05) is 27.7 Å². The van der Waals surface area contributed by atoms with Gasteiger partial charge in [-0.2, -0.15) is 0 Å². The predicted octanol–water partition coefficient (Wildman–Crippen LogP) is 5.23. The van der Waals surface area contributed by atoms with E-state index in [1.807, 2.05) is 30.0 Å². The van der Waals surface area contributed by atoms with E-state index < -0.39 is 0 Å². The molecular formula is C20H23ClN2OS. The number of aromatic amines is 1. The maximum absolute atomic E-state index is 6.22. The molecule has 3 rings (SSSR count). The van der Waals surface area contributed by atoms with Crippen LogP contribution in [0.5, 0.6) is 5.75 Å². The van der Waals surface area contributed by atoms with E-state index in [4.69, 9.17) is 16.3 Å². The van der Waals surface area contributed by atoms with E-state index in [2.05, 4.69) is 48.2 Å². The van der Waals surface area contributed by atoms with E-state index in [9.17, 15) is 0 Å². The summed E-state index contributed by atoms with van der Waals surface area (Å²) in [5.74, 6) is 1.79. The Morgan fingerprint density at radius 1 is 1.12 bits per heavy atom. The Morgan fingerprint density at radius 3 is 2.56 bits per heavy atom. The molecule has 2 aromatic carbocycles. The molecule has 0 atom stereocenters. The number of likely N-dealkylation sites (N-methyl/N-ethyl adjacent to an activating group) is 1. The van der Waals surface area contributed by atoms with Crippen LogP contribution in [0, 0.1) is 0 Å². The highest BCUT2D eigenvalue weighted by Crippen LogP contribution is 2.31. The molecule has 25 heavy (non-hydrogen) atoms. The first-order valence-corrected chi connectivity index (χ1v) is 9.63. The molecule has 5 heteroatoms. The Bertz CT molecular complexity index is 843. The molecule has 1 N–H and O–H groups in total. The predicted molar refractivity (Wildman–Crippen MR) is 108 cm³/mol. The maximum Gasteiger partial charge on any atom is 0.118 e. The van der Waals surface area contributed by atoms with Gasteiger partial charge in [-0.05, 0) is 68.5 Å². The van der Waals surface area contributed by atoms with Crippen LogP contribution in [0.1, 0.15) is 11.3 Å². The zero-order chi connectivity index (χ0) is 17.8. The van der Waals surface area contributed by atoms with Crippen LogP contribution in [0.3, 0.4) is 0 Å². The second kappa shape index (κ2) is 8.17. The van der Waals surface area contributed by atoms with Gasteiger partial charge in [-0.15, -0.1) is 11.8 Å². The molecule has 0 aliphatic heterocycles. The van der Waals surface area contributed by atoms with Crippen LogP contribution in [-0.2, 0) is 12.2 Å². The molecule has 0 radical (unpaired) electrons. The highest BCUT2D eigenvalue weighted by Gasteiger charge is 2.12. The maximum atomic E-state index is 6.22. The van der Waals surface area contributed by atoms with Crippen molar-refractivity contribution < 1.29 is 4.74 Å². The zero-order valence-corrected chi connectivity index (χ0v) is 16.4. The SMILES string of the molecule is COc1ccc(SCc2[nH]c3ccc(Cl)cc3c2CCN(C)C)cc1. The lowest BCUT2D eigenvalue weighted by molar-refractivity contribution is 0.414. The van der Waals surface area contributed by atoms with Gasteiger partial charge in [-0.1, -0.05) is 11.6 Å². The third-order valence-electron chi connectivity index (χ3n) is 4.21. The van der Waals surface area contributed by atoms with Crippen LogP contribution in [0.25, 0.3) is 10.9 Å². The standard InChI is InChI=1S/C20H23ClN2OS/c1-23(2)11-10-17-18-12-14(21)4-9-19(18)22-20(17)13-25-16-7-5-15(24-3)6-8-16/h4-9,12,22H,10-11,13H2,1-3H3. The summed E-state index contributed by atoms with van der Waals surface area (Å²) in [5, 5.41) is 2.02. The third-order valence-corrected chi connectivity index (χ3v) is 5.48. The minimum absolute atomic E-state index is 0.784. The molecule has 0 saturated carbocycles. The minimum atomic E-state index is 0.784. The summed E-state index contributed by atoms with van der Waals surface area (Å²) in [6.07, 6.45) is 1.01. The number of hydrogen-bond acceptors (Lipinski definition) is 3. The van der Waals surface area contributed by atoms with Gasteiger partial charge in [0.2, 0.25) is 0 Å². The first-order chi connectivity index (χ1) is 12.1. The Balaban J connectivity index is 1.84. The second-order valence-corrected chi connectivity index (χ2v) is 7.77. The van der Waals surface area contributed by atoms with E-state index in [-0.39, 0.29) is 0 Å². The fourth-order valence-electron chi connectivity index (χ4n) is 2.85. The first-order valence-electron chi connectivity index (χ1n) is 8.27. The molecule has 1 heterocycles. The lowest BCUT2D eigenvalue weighted by Gasteiger charge is -2.11. The quantitative estimate of drug-likeness (QED) is 0.574. The largest absolute Gasteiger partial charge is 0.497 e. The van der Waals surface area contributed by atoms with Crippen LogP contribution >= 0.6 is 23.4 Å². The summed E-state index contributed by atoms with van der Waals surface area (Å²) >= 11 is 8.05. The number of H-pyrrole nitrogens is 1. The highest BCUT2D eigenvalue weighted by molar-refractivity contribution is 7.98. The van der Waals surface area contributed by atoms with E-state index in [1.54, 1.807) is 7.11 Å². The van der Waals surface area contributed by atoms with Gasteiger partial charge >= 0.3 is 0 Å². The topological polar surface area (TPSA) is 28.3 Å². The molecule has 0 aliphatic rings. The van der Waals surface area contributed by atoms with Crippen molar-refractivity contribution in [2.45, 2.75) is 17.1 Å². The molecule has 0 spiro atoms. The fourth-order valence-corrected chi connectivity index (χ4v) is 3.91. The Labute approximate surface area is 158 Å². The monoisotopic (exact) mass is 374 g/mol. The average molecular weight is 375 g/mol. The molecule has 0 amide bonds. The minimum Gasteiger partial charge on any atom is -0.497 e. The summed E-state index contributed by atoms with van der Waals surface area (Å²) in [7, 11) is 5.90. The lowest BCUT2D eigenvalue weighted by atomic mass is 10.1. The molecule has 1 aromatic heterocycles. The molecular weight excluding hydrogens is 352 g/mol. The van der Waals surface area contributed by atoms with Gasteiger partial charge in [0.1, 0.15) is 5.75 Å². The molecule has 0 bridgehead atoms. The number of rotatable bonds is 7. The van der Waals surface area contributed by atoms with Crippen LogP contribution in [0.4, 0.5) is 0 Å². The van der Waals surface area contributed by atoms with Crippen molar-refractivity contribution in [2.24, 2.45) is 0 Å². The Morgan fingerprint density at radius 2 is 1.88 bits per heavy atom. The second-order valence-electron chi connectivity index (χ2n) is 6.29. The molecule has 0 unspecified atom stereocenters. The molecule has 0 saturated heterocycles. The number of benzene rings is 2. The normalized spacial score (nSPS) is 11.4. The first kappa shape index (κ1) is 18.2. The molecule has 0 aliphatic carbocycles. The number of halogens is 1. The van der Waals surface area contributed by atoms with Gasteiger partial charge in [-0.3, -0.25) is 0 Å². The number of nitrogens with one attached hydrogen (secondary N) is 1. The number of methoxy groups -OCH3 is 1. The van der Waals surface area contributed by atoms with E-state index >= 15 is 0 Å². The summed E-state index contributed by atoms with van der Waals surface area (Å²) in [4.78, 5) is 7.03. The highest BCUT2D eigenvalue weighted by atomic mass is 35.5. The molecule has 132 valence electrons. The Kier molecular flexibility index (Phi) is 5.94. The Hall–Kier alpha value is -1.62. The smallest absolute Gasteiger partial charge is 0.118 e. The van der Waals surface area contributed by atoms with Crippen molar-refractivity contribution in [1.29, 1.82) is 0 Å². The van der Waals surface area contributed by atoms with Crippen LogP contribution in [-0.4, -0.2) is 37.6 Å². The van der Waals surface area contributed by atoms with Crippen LogP contribution < -0.4 is 4.74 Å². The van der Waals surface area contributed by atoms with Gasteiger partial charge in [0.25, 0.3) is 0 Å². The lowest BCUT2D eigenvalue weighted by Crippen LogP contribution is -2.15. The molecule has 3 nitrogen and oxygen atoms in total. The number of aromatic nitrogens is 1. The van der Waals surface area contributed by atoms with Crippen molar-refractivity contribution in [1.82, 2.24) is 9.88 Å². The average Bonchev–Trinajstić information content (AvgIpc) is 2.95. The van der Waals surface area contributed by atoms with Crippen LogP contribution in [0.2, 0.25) is 5.02 Å². The third kappa shape index (κ3) is 4.51. The van der Waals surface area contributed by atoms with Crippen molar-refractivity contribution in [3.63, 3.8) is 0 Å². The van der Waals surface area contributed by atoms with Crippen molar-refractivity contribution >= 4 is 34.3 Å². The van der Waals surface area contributed by atoms with Crippen molar-refractivity contribution in [3.8, 4) is 5.75 Å². The summed E-state index contributed by atoms with van der Waals surface area (Å²) in [5.41, 5.74) is 3.80. The zero-order valence-electron chi connectivity index (χ0n) is 14.8.